The number of aliphatic carboxylic acids is 2. The normalized spacial score (nSPS) is 14.9. The van der Waals surface area contributed by atoms with E-state index in [-0.39, 0.29) is 7.25 Å². The number of carboxylic acid groups (broad SMARTS) is 2. The molecule has 100 valence electrons. The van der Waals surface area contributed by atoms with Crippen molar-refractivity contribution in [2.45, 2.75) is 45.0 Å². The van der Waals surface area contributed by atoms with Crippen LogP contribution in [0.1, 0.15) is 19.3 Å². The van der Waals surface area contributed by atoms with Gasteiger partial charge in [0, 0.05) is 0 Å². The fourth-order valence-electron chi connectivity index (χ4n) is 1.71. The van der Waals surface area contributed by atoms with Crippen LogP contribution in [-0.2, 0) is 9.59 Å². The zero-order valence-corrected chi connectivity index (χ0v) is 17.8. The van der Waals surface area contributed by atoms with Crippen molar-refractivity contribution in [2.75, 3.05) is 0 Å². The van der Waals surface area contributed by atoms with Gasteiger partial charge in [-0.25, -0.2) is 0 Å². The Kier molecular flexibility index (Phi) is 9.11. The maximum absolute atomic E-state index is 11.0. The molecule has 0 aliphatic heterocycles. The molecule has 17 heavy (non-hydrogen) atoms. The second-order valence-electron chi connectivity index (χ2n) is 4.57. The monoisotopic (exact) mass is 636 g/mol. The van der Waals surface area contributed by atoms with Gasteiger partial charge in [0.15, 0.2) is 0 Å². The van der Waals surface area contributed by atoms with Gasteiger partial charge < -0.3 is 0 Å². The molecule has 0 saturated carbocycles. The summed E-state index contributed by atoms with van der Waals surface area (Å²) in [6.45, 7) is 0. The maximum atomic E-state index is 11.0. The molecule has 0 fully saturated rings. The van der Waals surface area contributed by atoms with Gasteiger partial charge in [0.05, 0.1) is 0 Å². The van der Waals surface area contributed by atoms with Gasteiger partial charge in [-0.15, -0.1) is 0 Å². The van der Waals surface area contributed by atoms with Crippen molar-refractivity contribution < 1.29 is 19.8 Å². The first kappa shape index (κ1) is 17.7. The van der Waals surface area contributed by atoms with Crippen LogP contribution in [0.5, 0.6) is 0 Å². The first-order valence-corrected chi connectivity index (χ1v) is 23.5. The molecule has 0 aliphatic rings. The van der Waals surface area contributed by atoms with E-state index in [2.05, 4.69) is 18.5 Å². The molecular formula is C11H22Bi2O4. The first-order chi connectivity index (χ1) is 7.77. The molecule has 0 amide bonds. The summed E-state index contributed by atoms with van der Waals surface area (Å²) in [4.78, 5) is 22.1. The van der Waals surface area contributed by atoms with Gasteiger partial charge >= 0.3 is 120 Å². The second-order valence-corrected chi connectivity index (χ2v) is 24.4. The number of hydrogen-bond donors (Lipinski definition) is 2. The Morgan fingerprint density at radius 3 is 1.35 bits per heavy atom. The summed E-state index contributed by atoms with van der Waals surface area (Å²) < 4.78 is 8.13. The van der Waals surface area contributed by atoms with Crippen molar-refractivity contribution in [1.29, 1.82) is 0 Å². The average molecular weight is 636 g/mol. The van der Waals surface area contributed by atoms with Crippen LogP contribution < -0.4 is 0 Å². The molecule has 4 nitrogen and oxygen atoms in total. The van der Waals surface area contributed by atoms with Gasteiger partial charge in [0.1, 0.15) is 0 Å². The molecule has 0 spiro atoms. The van der Waals surface area contributed by atoms with E-state index in [9.17, 15) is 9.59 Å². The van der Waals surface area contributed by atoms with Crippen molar-refractivity contribution in [1.82, 2.24) is 0 Å². The second kappa shape index (κ2) is 8.75. The van der Waals surface area contributed by atoms with Crippen LogP contribution in [-0.4, -0.2) is 65.7 Å². The SMILES string of the molecule is [CH3][Bi]([CH3])[CH](CCC[CH](C(=O)O)[Bi]([CH3])[CH3])C(=O)O. The zero-order valence-electron chi connectivity index (χ0n) is 10.9. The van der Waals surface area contributed by atoms with Crippen LogP contribution in [0.4, 0.5) is 0 Å². The summed E-state index contributed by atoms with van der Waals surface area (Å²) in [6.07, 6.45) is 2.12. The van der Waals surface area contributed by atoms with Gasteiger partial charge in [-0.2, -0.15) is 0 Å². The molecule has 0 heterocycles. The quantitative estimate of drug-likeness (QED) is 0.403. The Bertz CT molecular complexity index is 240. The standard InChI is InChI=1S/C7H10O4.4CH3.2Bi/c8-6(9)4-2-1-3-5-7(10)11;;;;;;/h4-5H,1-3H2,(H,8,9)(H,10,11);4*1H3;;. The van der Waals surface area contributed by atoms with E-state index >= 15 is 0 Å². The van der Waals surface area contributed by atoms with Crippen LogP contribution in [0.2, 0.25) is 25.8 Å². The van der Waals surface area contributed by atoms with Crippen molar-refractivity contribution in [3.63, 3.8) is 0 Å². The van der Waals surface area contributed by atoms with Gasteiger partial charge in [-0.1, -0.05) is 0 Å². The van der Waals surface area contributed by atoms with E-state index < -0.39 is 55.4 Å². The summed E-state index contributed by atoms with van der Waals surface area (Å²) in [5, 5.41) is 18.1. The molecule has 0 aromatic rings. The Balaban J connectivity index is 4.19. The minimum absolute atomic E-state index is 0.138. The Morgan fingerprint density at radius 1 is 0.882 bits per heavy atom. The van der Waals surface area contributed by atoms with Crippen LogP contribution >= 0.6 is 0 Å². The fourth-order valence-corrected chi connectivity index (χ4v) is 10.6. The van der Waals surface area contributed by atoms with E-state index in [1.165, 1.54) is 0 Å². The van der Waals surface area contributed by atoms with Gasteiger partial charge in [-0.3, -0.25) is 0 Å². The molecule has 0 aromatic heterocycles. The van der Waals surface area contributed by atoms with E-state index in [1.54, 1.807) is 0 Å². The molecule has 0 aromatic carbocycles. The third kappa shape index (κ3) is 7.01. The third-order valence-electron chi connectivity index (χ3n) is 2.77. The van der Waals surface area contributed by atoms with Crippen molar-refractivity contribution in [2.24, 2.45) is 0 Å². The zero-order chi connectivity index (χ0) is 13.6. The summed E-state index contributed by atoms with van der Waals surface area (Å²) in [5.74, 6) is -1.35. The predicted octanol–water partition coefficient (Wildman–Crippen LogP) is 2.58. The third-order valence-corrected chi connectivity index (χ3v) is 16.2. The fraction of sp³-hybridized carbons (Fsp3) is 0.818. The summed E-state index contributed by atoms with van der Waals surface area (Å²) in [5.41, 5.74) is 0. The molecule has 0 aliphatic carbocycles. The Hall–Kier alpha value is 0.706. The van der Waals surface area contributed by atoms with Crippen molar-refractivity contribution in [3.8, 4) is 0 Å². The molecule has 0 radical (unpaired) electrons. The molecule has 0 rings (SSSR count). The molecular weight excluding hydrogens is 614 g/mol. The number of carboxylic acids is 2. The van der Waals surface area contributed by atoms with Crippen LogP contribution in [0.15, 0.2) is 0 Å². The van der Waals surface area contributed by atoms with E-state index in [1.807, 2.05) is 0 Å². The van der Waals surface area contributed by atoms with E-state index in [4.69, 9.17) is 10.2 Å². The van der Waals surface area contributed by atoms with Crippen molar-refractivity contribution in [3.05, 3.63) is 0 Å². The van der Waals surface area contributed by atoms with Gasteiger partial charge in [0.25, 0.3) is 0 Å². The van der Waals surface area contributed by atoms with E-state index in [0.717, 1.165) is 6.42 Å². The topological polar surface area (TPSA) is 74.6 Å². The number of rotatable bonds is 8. The Labute approximate surface area is 119 Å². The van der Waals surface area contributed by atoms with Crippen LogP contribution in [0, 0.1) is 0 Å². The summed E-state index contributed by atoms with van der Waals surface area (Å²) in [7, 11) is 0. The number of carbonyl (C=O) groups is 2. The van der Waals surface area contributed by atoms with Gasteiger partial charge in [0.2, 0.25) is 0 Å². The average Bonchev–Trinajstić information content (AvgIpc) is 2.14. The van der Waals surface area contributed by atoms with Crippen LogP contribution in [0.3, 0.4) is 0 Å². The summed E-state index contributed by atoms with van der Waals surface area (Å²) in [6, 6.07) is 0. The van der Waals surface area contributed by atoms with Gasteiger partial charge in [-0.05, 0) is 0 Å². The van der Waals surface area contributed by atoms with E-state index in [0.29, 0.717) is 12.8 Å². The predicted molar refractivity (Wildman–Crippen MR) is 71.6 cm³/mol. The van der Waals surface area contributed by atoms with Crippen molar-refractivity contribution >= 4 is 55.4 Å². The molecule has 0 saturated heterocycles. The number of hydrogen-bond acceptors (Lipinski definition) is 2. The molecule has 2 atom stereocenters. The first-order valence-electron chi connectivity index (χ1n) is 5.55. The summed E-state index contributed by atoms with van der Waals surface area (Å²) >= 11 is -3.58. The molecule has 2 unspecified atom stereocenters. The minimum atomic E-state index is -1.79. The molecule has 6 heteroatoms. The molecule has 0 bridgehead atoms. The Morgan fingerprint density at radius 2 is 1.18 bits per heavy atom. The van der Waals surface area contributed by atoms with Crippen LogP contribution in [0.25, 0.3) is 0 Å². The molecule has 2 N–H and O–H groups in total.